The Balaban J connectivity index is 1.65. The molecule has 3 rings (SSSR count). The van der Waals surface area contributed by atoms with Gasteiger partial charge in [-0.15, -0.1) is 5.10 Å². The molecule has 1 aromatic carbocycles. The van der Waals surface area contributed by atoms with E-state index in [2.05, 4.69) is 16.4 Å². The molecule has 1 saturated heterocycles. The predicted molar refractivity (Wildman–Crippen MR) is 91.8 cm³/mol. The van der Waals surface area contributed by atoms with Gasteiger partial charge in [-0.2, -0.15) is 5.26 Å². The van der Waals surface area contributed by atoms with Crippen LogP contribution < -0.4 is 4.90 Å². The number of aliphatic hydroxyl groups is 1. The number of nitrogens with zero attached hydrogens (tertiary/aromatic N) is 5. The molecular weight excluding hydrogens is 318 g/mol. The summed E-state index contributed by atoms with van der Waals surface area (Å²) in [5.41, 5.74) is 2.21. The zero-order valence-electron chi connectivity index (χ0n) is 14.2. The van der Waals surface area contributed by atoms with E-state index in [1.807, 2.05) is 6.20 Å². The summed E-state index contributed by atoms with van der Waals surface area (Å²) in [7, 11) is 0. The Morgan fingerprint density at radius 1 is 1.40 bits per heavy atom. The van der Waals surface area contributed by atoms with E-state index in [-0.39, 0.29) is 18.1 Å². The van der Waals surface area contributed by atoms with Crippen LogP contribution in [0.2, 0.25) is 0 Å². The van der Waals surface area contributed by atoms with E-state index in [0.717, 1.165) is 30.6 Å². The fourth-order valence-corrected chi connectivity index (χ4v) is 3.04. The van der Waals surface area contributed by atoms with Gasteiger partial charge in [0.1, 0.15) is 6.04 Å². The molecule has 0 aliphatic carbocycles. The number of hydrogen-bond donors (Lipinski definition) is 1. The Kier molecular flexibility index (Phi) is 5.10. The lowest BCUT2D eigenvalue weighted by atomic mass is 10.1. The van der Waals surface area contributed by atoms with Crippen LogP contribution >= 0.6 is 0 Å². The molecule has 0 bridgehead atoms. The van der Waals surface area contributed by atoms with Crippen LogP contribution in [0.15, 0.2) is 30.5 Å². The van der Waals surface area contributed by atoms with E-state index in [1.54, 1.807) is 40.8 Å². The fraction of sp³-hybridized carbons (Fsp3) is 0.444. The molecule has 0 radical (unpaired) electrons. The summed E-state index contributed by atoms with van der Waals surface area (Å²) in [5.74, 6) is -0.00913. The summed E-state index contributed by atoms with van der Waals surface area (Å²) in [6.07, 6.45) is 4.49. The average molecular weight is 339 g/mol. The molecule has 2 unspecified atom stereocenters. The molecule has 130 valence electrons. The van der Waals surface area contributed by atoms with Crippen LogP contribution in [0.1, 0.15) is 43.5 Å². The van der Waals surface area contributed by atoms with E-state index < -0.39 is 0 Å². The lowest BCUT2D eigenvalue weighted by Crippen LogP contribution is -2.28. The second kappa shape index (κ2) is 7.45. The third-order valence-electron chi connectivity index (χ3n) is 4.42. The van der Waals surface area contributed by atoms with E-state index in [4.69, 9.17) is 5.26 Å². The number of benzene rings is 1. The first-order valence-corrected chi connectivity index (χ1v) is 8.49. The molecule has 1 aromatic heterocycles. The van der Waals surface area contributed by atoms with Gasteiger partial charge in [0.15, 0.2) is 0 Å². The Morgan fingerprint density at radius 2 is 2.16 bits per heavy atom. The van der Waals surface area contributed by atoms with Crippen LogP contribution in [0.4, 0.5) is 5.69 Å². The third kappa shape index (κ3) is 3.86. The Morgan fingerprint density at radius 3 is 2.84 bits per heavy atom. The SMILES string of the molecule is CC(O)CCCc1cn(C2CCN(c3ccc(C#N)cc3)C2=O)nn1. The second-order valence-electron chi connectivity index (χ2n) is 6.38. The highest BCUT2D eigenvalue weighted by atomic mass is 16.3. The smallest absolute Gasteiger partial charge is 0.251 e. The van der Waals surface area contributed by atoms with Crippen LogP contribution in [0.3, 0.4) is 0 Å². The van der Waals surface area contributed by atoms with E-state index in [1.165, 1.54) is 0 Å². The zero-order chi connectivity index (χ0) is 17.8. The van der Waals surface area contributed by atoms with Gasteiger partial charge < -0.3 is 10.0 Å². The van der Waals surface area contributed by atoms with Crippen LogP contribution in [-0.2, 0) is 11.2 Å². The third-order valence-corrected chi connectivity index (χ3v) is 4.42. The number of aromatic nitrogens is 3. The molecule has 1 N–H and O–H groups in total. The first-order valence-electron chi connectivity index (χ1n) is 8.49. The molecule has 7 heteroatoms. The highest BCUT2D eigenvalue weighted by Crippen LogP contribution is 2.28. The minimum absolute atomic E-state index is 0.00913. The maximum atomic E-state index is 12.7. The van der Waals surface area contributed by atoms with Crippen molar-refractivity contribution in [3.05, 3.63) is 41.7 Å². The quantitative estimate of drug-likeness (QED) is 0.866. The highest BCUT2D eigenvalue weighted by Gasteiger charge is 2.34. The summed E-state index contributed by atoms with van der Waals surface area (Å²) in [6, 6.07) is 8.75. The Hall–Kier alpha value is -2.72. The molecule has 2 heterocycles. The molecule has 7 nitrogen and oxygen atoms in total. The van der Waals surface area contributed by atoms with Crippen molar-refractivity contribution in [2.75, 3.05) is 11.4 Å². The molecule has 0 saturated carbocycles. The largest absolute Gasteiger partial charge is 0.393 e. The van der Waals surface area contributed by atoms with E-state index >= 15 is 0 Å². The molecule has 1 aliphatic rings. The van der Waals surface area contributed by atoms with Gasteiger partial charge >= 0.3 is 0 Å². The summed E-state index contributed by atoms with van der Waals surface area (Å²) in [6.45, 7) is 2.39. The summed E-state index contributed by atoms with van der Waals surface area (Å²) >= 11 is 0. The number of rotatable bonds is 6. The summed E-state index contributed by atoms with van der Waals surface area (Å²) in [5, 5.41) is 26.4. The Labute approximate surface area is 146 Å². The number of anilines is 1. The van der Waals surface area contributed by atoms with Crippen molar-refractivity contribution in [3.8, 4) is 6.07 Å². The molecule has 2 atom stereocenters. The predicted octanol–water partition coefficient (Wildman–Crippen LogP) is 1.83. The lowest BCUT2D eigenvalue weighted by Gasteiger charge is -2.16. The molecule has 1 aliphatic heterocycles. The lowest BCUT2D eigenvalue weighted by molar-refractivity contribution is -0.120. The maximum absolute atomic E-state index is 12.7. The number of hydrogen-bond acceptors (Lipinski definition) is 5. The molecular formula is C18H21N5O2. The molecule has 1 amide bonds. The molecule has 25 heavy (non-hydrogen) atoms. The number of nitriles is 1. The monoisotopic (exact) mass is 339 g/mol. The van der Waals surface area contributed by atoms with Crippen LogP contribution in [-0.4, -0.2) is 38.7 Å². The van der Waals surface area contributed by atoms with Gasteiger partial charge in [0, 0.05) is 18.4 Å². The van der Waals surface area contributed by atoms with Crippen molar-refractivity contribution in [3.63, 3.8) is 0 Å². The van der Waals surface area contributed by atoms with Gasteiger partial charge in [0.05, 0.1) is 23.4 Å². The van der Waals surface area contributed by atoms with Crippen molar-refractivity contribution in [2.45, 2.75) is 44.8 Å². The standard InChI is InChI=1S/C18H21N5O2/c1-13(24)3-2-4-15-12-23(21-20-15)17-9-10-22(18(17)25)16-7-5-14(11-19)6-8-16/h5-8,12-13,17,24H,2-4,9-10H2,1H3. The van der Waals surface area contributed by atoms with Crippen LogP contribution in [0, 0.1) is 11.3 Å². The topological polar surface area (TPSA) is 95.0 Å². The average Bonchev–Trinajstić information content (AvgIpc) is 3.21. The number of aliphatic hydroxyl groups excluding tert-OH is 1. The number of carbonyl (C=O) groups is 1. The van der Waals surface area contributed by atoms with Crippen molar-refractivity contribution >= 4 is 11.6 Å². The van der Waals surface area contributed by atoms with Gasteiger partial charge in [0.25, 0.3) is 5.91 Å². The first kappa shape index (κ1) is 17.1. The van der Waals surface area contributed by atoms with E-state index in [0.29, 0.717) is 18.5 Å². The number of carbonyl (C=O) groups excluding carboxylic acids is 1. The van der Waals surface area contributed by atoms with Crippen LogP contribution in [0.25, 0.3) is 0 Å². The minimum atomic E-state index is -0.339. The van der Waals surface area contributed by atoms with Crippen molar-refractivity contribution < 1.29 is 9.90 Å². The number of amides is 1. The van der Waals surface area contributed by atoms with E-state index in [9.17, 15) is 9.90 Å². The molecule has 2 aromatic rings. The first-order chi connectivity index (χ1) is 12.1. The normalized spacial score (nSPS) is 18.4. The number of aryl methyl sites for hydroxylation is 1. The zero-order valence-corrected chi connectivity index (χ0v) is 14.2. The molecule has 1 fully saturated rings. The van der Waals surface area contributed by atoms with Crippen molar-refractivity contribution in [1.82, 2.24) is 15.0 Å². The fourth-order valence-electron chi connectivity index (χ4n) is 3.04. The molecule has 0 spiro atoms. The highest BCUT2D eigenvalue weighted by molar-refractivity contribution is 5.98. The Bertz CT molecular complexity index is 776. The second-order valence-corrected chi connectivity index (χ2v) is 6.38. The van der Waals surface area contributed by atoms with Crippen LogP contribution in [0.5, 0.6) is 0 Å². The van der Waals surface area contributed by atoms with Crippen molar-refractivity contribution in [2.24, 2.45) is 0 Å². The van der Waals surface area contributed by atoms with Gasteiger partial charge in [-0.05, 0) is 56.9 Å². The van der Waals surface area contributed by atoms with Gasteiger partial charge in [0.2, 0.25) is 0 Å². The van der Waals surface area contributed by atoms with Crippen molar-refractivity contribution in [1.29, 1.82) is 5.26 Å². The minimum Gasteiger partial charge on any atom is -0.393 e. The summed E-state index contributed by atoms with van der Waals surface area (Å²) in [4.78, 5) is 14.4. The van der Waals surface area contributed by atoms with Gasteiger partial charge in [-0.1, -0.05) is 5.21 Å². The van der Waals surface area contributed by atoms with Gasteiger partial charge in [-0.3, -0.25) is 4.79 Å². The summed E-state index contributed by atoms with van der Waals surface area (Å²) < 4.78 is 1.64. The van der Waals surface area contributed by atoms with Gasteiger partial charge in [-0.25, -0.2) is 4.68 Å². The maximum Gasteiger partial charge on any atom is 0.251 e.